The molecule has 4 atom stereocenters. The minimum Gasteiger partial charge on any atom is -0.343 e. The van der Waals surface area contributed by atoms with E-state index >= 15 is 0 Å². The third-order valence-electron chi connectivity index (χ3n) is 6.65. The molecule has 26 heavy (non-hydrogen) atoms. The van der Waals surface area contributed by atoms with E-state index < -0.39 is 4.75 Å². The van der Waals surface area contributed by atoms with Crippen LogP contribution in [-0.2, 0) is 9.59 Å². The van der Waals surface area contributed by atoms with Crippen LogP contribution in [0.4, 0.5) is 0 Å². The predicted octanol–water partition coefficient (Wildman–Crippen LogP) is 3.44. The van der Waals surface area contributed by atoms with E-state index in [-0.39, 0.29) is 17.9 Å². The number of nitrogens with zero attached hydrogens (tertiary/aromatic N) is 2. The number of amides is 2. The molecule has 3 aliphatic rings. The molecule has 0 bridgehead atoms. The monoisotopic (exact) mass is 379 g/mol. The van der Waals surface area contributed by atoms with Crippen molar-refractivity contribution in [2.75, 3.05) is 13.1 Å². The van der Waals surface area contributed by atoms with Gasteiger partial charge in [-0.25, -0.2) is 0 Å². The molecule has 2 unspecified atom stereocenters. The zero-order valence-corrected chi connectivity index (χ0v) is 17.4. The van der Waals surface area contributed by atoms with Crippen LogP contribution < -0.4 is 5.32 Å². The lowest BCUT2D eigenvalue weighted by atomic mass is 9.84. The molecule has 3 rings (SSSR count). The summed E-state index contributed by atoms with van der Waals surface area (Å²) >= 11 is 1.62. The number of nitrogens with one attached hydrogen (secondary N) is 1. The standard InChI is InChI=1S/C20H33N3O2S/c1-5-17(24)23-10-8-16(9-11-23)20(4)18(25)22-19(26-20)21-14(3)15-7-6-13(2)12-15/h13-16H,5-12H2,1-4H3,(H,21,22,25)/t13-,14+,15?,20?/m1/s1. The number of carbonyl (C=O) groups excluding carboxylic acids is 2. The minimum atomic E-state index is -0.455. The Kier molecular flexibility index (Phi) is 6.00. The van der Waals surface area contributed by atoms with Crippen LogP contribution in [0.1, 0.15) is 66.2 Å². The molecule has 3 fully saturated rings. The summed E-state index contributed by atoms with van der Waals surface area (Å²) in [6.07, 6.45) is 6.14. The number of aliphatic imine (C=N–C) groups is 1. The topological polar surface area (TPSA) is 61.8 Å². The van der Waals surface area contributed by atoms with E-state index in [1.807, 2.05) is 11.8 Å². The maximum Gasteiger partial charge on any atom is 0.242 e. The SMILES string of the molecule is CCC(=O)N1CCC(C2(C)SC(=N[C@@H](C)C3CC[C@@H](C)C3)NC2=O)CC1. The lowest BCUT2D eigenvalue weighted by molar-refractivity contribution is -0.132. The van der Waals surface area contributed by atoms with Gasteiger partial charge in [0.15, 0.2) is 5.17 Å². The van der Waals surface area contributed by atoms with Gasteiger partial charge in [-0.15, -0.1) is 0 Å². The average molecular weight is 380 g/mol. The third-order valence-corrected chi connectivity index (χ3v) is 7.99. The Morgan fingerprint density at radius 3 is 2.62 bits per heavy atom. The first kappa shape index (κ1) is 19.7. The van der Waals surface area contributed by atoms with Crippen LogP contribution in [0, 0.1) is 17.8 Å². The number of hydrogen-bond acceptors (Lipinski definition) is 4. The average Bonchev–Trinajstić information content (AvgIpc) is 3.18. The Balaban J connectivity index is 1.61. The minimum absolute atomic E-state index is 0.0912. The molecule has 2 heterocycles. The zero-order valence-electron chi connectivity index (χ0n) is 16.6. The number of carbonyl (C=O) groups is 2. The van der Waals surface area contributed by atoms with Gasteiger partial charge in [0.1, 0.15) is 4.75 Å². The normalized spacial score (nSPS) is 35.8. The Labute approximate surface area is 161 Å². The Morgan fingerprint density at radius 2 is 2.04 bits per heavy atom. The van der Waals surface area contributed by atoms with Crippen molar-refractivity contribution in [2.45, 2.75) is 77.0 Å². The van der Waals surface area contributed by atoms with E-state index in [1.165, 1.54) is 19.3 Å². The van der Waals surface area contributed by atoms with Gasteiger partial charge in [0, 0.05) is 19.5 Å². The van der Waals surface area contributed by atoms with Gasteiger partial charge < -0.3 is 10.2 Å². The lowest BCUT2D eigenvalue weighted by Crippen LogP contribution is -2.47. The van der Waals surface area contributed by atoms with E-state index in [0.717, 1.165) is 37.0 Å². The van der Waals surface area contributed by atoms with Crippen molar-refractivity contribution in [1.82, 2.24) is 10.2 Å². The van der Waals surface area contributed by atoms with E-state index in [0.29, 0.717) is 18.3 Å². The molecule has 6 heteroatoms. The van der Waals surface area contributed by atoms with Gasteiger partial charge in [-0.3, -0.25) is 14.6 Å². The second-order valence-electron chi connectivity index (χ2n) is 8.53. The van der Waals surface area contributed by atoms with E-state index in [2.05, 4.69) is 26.1 Å². The molecule has 2 saturated heterocycles. The largest absolute Gasteiger partial charge is 0.343 e. The zero-order chi connectivity index (χ0) is 18.9. The lowest BCUT2D eigenvalue weighted by Gasteiger charge is -2.38. The van der Waals surface area contributed by atoms with Crippen molar-refractivity contribution >= 4 is 28.7 Å². The van der Waals surface area contributed by atoms with E-state index in [1.54, 1.807) is 11.8 Å². The molecule has 1 saturated carbocycles. The Hall–Kier alpha value is -1.04. The van der Waals surface area contributed by atoms with Crippen LogP contribution in [0.15, 0.2) is 4.99 Å². The Bertz CT molecular complexity index is 586. The van der Waals surface area contributed by atoms with E-state index in [4.69, 9.17) is 4.99 Å². The van der Waals surface area contributed by atoms with Crippen LogP contribution in [0.2, 0.25) is 0 Å². The summed E-state index contributed by atoms with van der Waals surface area (Å²) in [6, 6.07) is 0.272. The van der Waals surface area contributed by atoms with Gasteiger partial charge in [-0.05, 0) is 57.3 Å². The van der Waals surface area contributed by atoms with Crippen LogP contribution in [0.25, 0.3) is 0 Å². The molecule has 2 amide bonds. The van der Waals surface area contributed by atoms with Gasteiger partial charge in [-0.1, -0.05) is 32.0 Å². The molecule has 1 N–H and O–H groups in total. The highest BCUT2D eigenvalue weighted by Gasteiger charge is 2.49. The van der Waals surface area contributed by atoms with Crippen molar-refractivity contribution in [2.24, 2.45) is 22.7 Å². The molecule has 0 spiro atoms. The van der Waals surface area contributed by atoms with Gasteiger partial charge in [0.05, 0.1) is 6.04 Å². The molecule has 0 aromatic rings. The summed E-state index contributed by atoms with van der Waals surface area (Å²) in [6.45, 7) is 10.0. The molecule has 146 valence electrons. The number of rotatable bonds is 4. The van der Waals surface area contributed by atoms with Crippen molar-refractivity contribution < 1.29 is 9.59 Å². The van der Waals surface area contributed by atoms with Gasteiger partial charge in [0.25, 0.3) is 0 Å². The number of piperidine rings is 1. The smallest absolute Gasteiger partial charge is 0.242 e. The number of thioether (sulfide) groups is 1. The predicted molar refractivity (Wildman–Crippen MR) is 107 cm³/mol. The fraction of sp³-hybridized carbons (Fsp3) is 0.850. The second kappa shape index (κ2) is 7.91. The van der Waals surface area contributed by atoms with Crippen LogP contribution in [0.3, 0.4) is 0 Å². The quantitative estimate of drug-likeness (QED) is 0.814. The number of likely N-dealkylation sites (tertiary alicyclic amines) is 1. The van der Waals surface area contributed by atoms with Crippen molar-refractivity contribution in [3.05, 3.63) is 0 Å². The molecular formula is C20H33N3O2S. The fourth-order valence-electron chi connectivity index (χ4n) is 4.70. The summed E-state index contributed by atoms with van der Waals surface area (Å²) in [7, 11) is 0. The van der Waals surface area contributed by atoms with E-state index in [9.17, 15) is 9.59 Å². The van der Waals surface area contributed by atoms with Gasteiger partial charge >= 0.3 is 0 Å². The maximum absolute atomic E-state index is 12.7. The number of amidine groups is 1. The molecule has 0 aromatic heterocycles. The second-order valence-corrected chi connectivity index (χ2v) is 9.96. The fourth-order valence-corrected chi connectivity index (χ4v) is 6.01. The Morgan fingerprint density at radius 1 is 1.35 bits per heavy atom. The maximum atomic E-state index is 12.7. The molecule has 0 radical (unpaired) electrons. The summed E-state index contributed by atoms with van der Waals surface area (Å²) < 4.78 is -0.455. The third kappa shape index (κ3) is 3.95. The summed E-state index contributed by atoms with van der Waals surface area (Å²) in [5, 5.41) is 3.85. The van der Waals surface area contributed by atoms with Crippen molar-refractivity contribution in [3.63, 3.8) is 0 Å². The highest BCUT2D eigenvalue weighted by molar-refractivity contribution is 8.16. The highest BCUT2D eigenvalue weighted by Crippen LogP contribution is 2.43. The first-order valence-electron chi connectivity index (χ1n) is 10.2. The van der Waals surface area contributed by atoms with Crippen LogP contribution in [-0.4, -0.2) is 45.8 Å². The summed E-state index contributed by atoms with van der Waals surface area (Å²) in [5.74, 6) is 2.05. The molecule has 5 nitrogen and oxygen atoms in total. The molecular weight excluding hydrogens is 346 g/mol. The summed E-state index contributed by atoms with van der Waals surface area (Å²) in [4.78, 5) is 31.4. The van der Waals surface area contributed by atoms with Gasteiger partial charge in [-0.2, -0.15) is 0 Å². The first-order valence-corrected chi connectivity index (χ1v) is 11.0. The van der Waals surface area contributed by atoms with Crippen LogP contribution >= 0.6 is 11.8 Å². The van der Waals surface area contributed by atoms with Crippen molar-refractivity contribution in [3.8, 4) is 0 Å². The molecule has 2 aliphatic heterocycles. The summed E-state index contributed by atoms with van der Waals surface area (Å²) in [5.41, 5.74) is 0. The number of hydrogen-bond donors (Lipinski definition) is 1. The van der Waals surface area contributed by atoms with Gasteiger partial charge in [0.2, 0.25) is 11.8 Å². The van der Waals surface area contributed by atoms with Crippen LogP contribution in [0.5, 0.6) is 0 Å². The van der Waals surface area contributed by atoms with Crippen molar-refractivity contribution in [1.29, 1.82) is 0 Å². The first-order chi connectivity index (χ1) is 12.3. The molecule has 1 aliphatic carbocycles. The highest BCUT2D eigenvalue weighted by atomic mass is 32.2. The molecule has 0 aromatic carbocycles.